The summed E-state index contributed by atoms with van der Waals surface area (Å²) in [7, 11) is 4.21. The van der Waals surface area contributed by atoms with E-state index in [1.54, 1.807) is 0 Å². The lowest BCUT2D eigenvalue weighted by Gasteiger charge is -2.19. The summed E-state index contributed by atoms with van der Waals surface area (Å²) >= 11 is 0. The molecule has 0 spiro atoms. The Hall–Kier alpha value is -2.67. The van der Waals surface area contributed by atoms with Crippen molar-refractivity contribution in [3.05, 3.63) is 48.6 Å². The van der Waals surface area contributed by atoms with Crippen LogP contribution < -0.4 is 0 Å². The lowest BCUT2D eigenvalue weighted by atomic mass is 10.0. The maximum absolute atomic E-state index is 12.8. The van der Waals surface area contributed by atoms with Crippen molar-refractivity contribution >= 4 is 17.9 Å². The molecule has 0 heterocycles. The maximum Gasteiger partial charge on any atom is 0.306 e. The SMILES string of the molecule is CC(=O)OCCC/C=C\C/C=C\CCCCCCCCC(CCCCCCCC/C=C\C/C=C\CCCOC(C)=O)OC(=O)CCCC(C)CN(C)C. The summed E-state index contributed by atoms with van der Waals surface area (Å²) in [5.41, 5.74) is 0. The third-order valence-corrected chi connectivity index (χ3v) is 9.20. The van der Waals surface area contributed by atoms with Crippen molar-refractivity contribution in [1.82, 2.24) is 4.90 Å². The van der Waals surface area contributed by atoms with Gasteiger partial charge in [-0.3, -0.25) is 14.4 Å². The molecule has 0 N–H and O–H groups in total. The summed E-state index contributed by atoms with van der Waals surface area (Å²) in [6.07, 6.45) is 45.1. The number of hydrogen-bond donors (Lipinski definition) is 0. The zero-order valence-corrected chi connectivity index (χ0v) is 35.0. The highest BCUT2D eigenvalue weighted by atomic mass is 16.5. The van der Waals surface area contributed by atoms with Gasteiger partial charge < -0.3 is 19.1 Å². The summed E-state index contributed by atoms with van der Waals surface area (Å²) in [4.78, 5) is 36.5. The molecule has 1 unspecified atom stereocenters. The molecular formula is C46H81NO6. The number of hydrogen-bond acceptors (Lipinski definition) is 7. The van der Waals surface area contributed by atoms with Gasteiger partial charge in [0, 0.05) is 26.8 Å². The van der Waals surface area contributed by atoms with Gasteiger partial charge in [-0.15, -0.1) is 0 Å². The first-order valence-corrected chi connectivity index (χ1v) is 21.4. The third-order valence-electron chi connectivity index (χ3n) is 9.20. The second-order valence-corrected chi connectivity index (χ2v) is 15.1. The molecular weight excluding hydrogens is 663 g/mol. The Morgan fingerprint density at radius 3 is 1.32 bits per heavy atom. The van der Waals surface area contributed by atoms with E-state index >= 15 is 0 Å². The standard InChI is InChI=1S/C46H81NO6/c1-42(41-47(4)5)35-34-38-46(50)53-45(36-30-26-22-18-14-10-6-8-12-16-20-24-28-32-39-51-43(2)48)37-31-27-23-19-15-11-7-9-13-17-21-25-29-33-40-52-44(3)49/h8-9,12-13,20-21,24-25,42,45H,6-7,10-11,14-19,22-23,26-41H2,1-5H3/b12-8-,13-9-,24-20-,25-21-. The molecule has 0 aliphatic rings. The van der Waals surface area contributed by atoms with Crippen molar-refractivity contribution in [2.75, 3.05) is 33.9 Å². The van der Waals surface area contributed by atoms with Crippen LogP contribution in [0.5, 0.6) is 0 Å². The second-order valence-electron chi connectivity index (χ2n) is 15.1. The summed E-state index contributed by atoms with van der Waals surface area (Å²) in [6.45, 7) is 7.23. The van der Waals surface area contributed by atoms with Crippen LogP contribution in [0.4, 0.5) is 0 Å². The Balaban J connectivity index is 4.17. The Morgan fingerprint density at radius 1 is 0.509 bits per heavy atom. The van der Waals surface area contributed by atoms with E-state index in [-0.39, 0.29) is 24.0 Å². The van der Waals surface area contributed by atoms with Gasteiger partial charge in [-0.05, 0) is 123 Å². The molecule has 0 rings (SSSR count). The van der Waals surface area contributed by atoms with Crippen molar-refractivity contribution in [3.8, 4) is 0 Å². The van der Waals surface area contributed by atoms with Crippen LogP contribution in [-0.2, 0) is 28.6 Å². The first-order valence-electron chi connectivity index (χ1n) is 21.4. The van der Waals surface area contributed by atoms with Crippen LogP contribution in [-0.4, -0.2) is 62.8 Å². The highest BCUT2D eigenvalue weighted by Crippen LogP contribution is 2.19. The highest BCUT2D eigenvalue weighted by Gasteiger charge is 2.15. The Bertz CT molecular complexity index is 925. The van der Waals surface area contributed by atoms with Crippen LogP contribution in [0.1, 0.15) is 181 Å². The van der Waals surface area contributed by atoms with Crippen molar-refractivity contribution in [2.24, 2.45) is 5.92 Å². The van der Waals surface area contributed by atoms with Crippen LogP contribution in [0.15, 0.2) is 48.6 Å². The molecule has 0 radical (unpaired) electrons. The molecule has 0 aromatic carbocycles. The predicted octanol–water partition coefficient (Wildman–Crippen LogP) is 12.2. The minimum atomic E-state index is -0.205. The average Bonchev–Trinajstić information content (AvgIpc) is 3.10. The number of ether oxygens (including phenoxy) is 3. The molecule has 0 saturated heterocycles. The summed E-state index contributed by atoms with van der Waals surface area (Å²) in [5.74, 6) is 0.183. The third kappa shape index (κ3) is 41.9. The zero-order chi connectivity index (χ0) is 39.0. The normalized spacial score (nSPS) is 12.7. The second kappa shape index (κ2) is 39.0. The number of nitrogens with zero attached hydrogens (tertiary/aromatic N) is 1. The van der Waals surface area contributed by atoms with Gasteiger partial charge in [0.15, 0.2) is 0 Å². The maximum atomic E-state index is 12.8. The molecule has 0 amide bonds. The van der Waals surface area contributed by atoms with Gasteiger partial charge in [-0.2, -0.15) is 0 Å². The number of unbranched alkanes of at least 4 members (excludes halogenated alkanes) is 14. The quantitative estimate of drug-likeness (QED) is 0.0271. The number of carbonyl (C=O) groups is 3. The van der Waals surface area contributed by atoms with Crippen LogP contribution in [0.2, 0.25) is 0 Å². The molecule has 0 aliphatic heterocycles. The Labute approximate surface area is 326 Å². The molecule has 0 aromatic rings. The van der Waals surface area contributed by atoms with Gasteiger partial charge in [0.1, 0.15) is 6.10 Å². The number of allylic oxidation sites excluding steroid dienone is 8. The molecule has 7 heteroatoms. The monoisotopic (exact) mass is 744 g/mol. The van der Waals surface area contributed by atoms with E-state index < -0.39 is 0 Å². The van der Waals surface area contributed by atoms with Crippen molar-refractivity contribution in [2.45, 2.75) is 187 Å². The molecule has 7 nitrogen and oxygen atoms in total. The lowest BCUT2D eigenvalue weighted by molar-refractivity contribution is -0.150. The summed E-state index contributed by atoms with van der Waals surface area (Å²) < 4.78 is 16.0. The molecule has 306 valence electrons. The minimum absolute atomic E-state index is 0.00215. The van der Waals surface area contributed by atoms with E-state index in [4.69, 9.17) is 14.2 Å². The van der Waals surface area contributed by atoms with Gasteiger partial charge >= 0.3 is 17.9 Å². The molecule has 0 aliphatic carbocycles. The van der Waals surface area contributed by atoms with Crippen LogP contribution in [0.3, 0.4) is 0 Å². The minimum Gasteiger partial charge on any atom is -0.466 e. The van der Waals surface area contributed by atoms with E-state index in [1.807, 2.05) is 0 Å². The Morgan fingerprint density at radius 2 is 0.906 bits per heavy atom. The molecule has 0 saturated carbocycles. The van der Waals surface area contributed by atoms with E-state index in [1.165, 1.54) is 78.1 Å². The molecule has 53 heavy (non-hydrogen) atoms. The predicted molar refractivity (Wildman–Crippen MR) is 223 cm³/mol. The van der Waals surface area contributed by atoms with Gasteiger partial charge in [-0.1, -0.05) is 107 Å². The van der Waals surface area contributed by atoms with E-state index in [2.05, 4.69) is 74.5 Å². The molecule has 1 atom stereocenters. The molecule has 0 aromatic heterocycles. The van der Waals surface area contributed by atoms with Gasteiger partial charge in [-0.25, -0.2) is 0 Å². The van der Waals surface area contributed by atoms with Crippen molar-refractivity contribution in [1.29, 1.82) is 0 Å². The van der Waals surface area contributed by atoms with E-state index in [0.29, 0.717) is 25.6 Å². The van der Waals surface area contributed by atoms with Gasteiger partial charge in [0.2, 0.25) is 0 Å². The largest absolute Gasteiger partial charge is 0.466 e. The number of esters is 3. The average molecular weight is 744 g/mol. The van der Waals surface area contributed by atoms with Gasteiger partial charge in [0.05, 0.1) is 13.2 Å². The van der Waals surface area contributed by atoms with Crippen LogP contribution >= 0.6 is 0 Å². The van der Waals surface area contributed by atoms with Gasteiger partial charge in [0.25, 0.3) is 0 Å². The fraction of sp³-hybridized carbons (Fsp3) is 0.761. The van der Waals surface area contributed by atoms with E-state index in [0.717, 1.165) is 96.4 Å². The Kier molecular flexibility index (Phi) is 37.1. The van der Waals surface area contributed by atoms with Crippen molar-refractivity contribution < 1.29 is 28.6 Å². The topological polar surface area (TPSA) is 82.1 Å². The van der Waals surface area contributed by atoms with Crippen LogP contribution in [0, 0.1) is 5.92 Å². The summed E-state index contributed by atoms with van der Waals surface area (Å²) in [5, 5.41) is 0. The van der Waals surface area contributed by atoms with E-state index in [9.17, 15) is 14.4 Å². The number of rotatable bonds is 37. The van der Waals surface area contributed by atoms with Crippen LogP contribution in [0.25, 0.3) is 0 Å². The smallest absolute Gasteiger partial charge is 0.306 e. The first-order chi connectivity index (χ1) is 25.7. The first kappa shape index (κ1) is 50.3. The summed E-state index contributed by atoms with van der Waals surface area (Å²) in [6, 6.07) is 0. The zero-order valence-electron chi connectivity index (χ0n) is 35.0. The fourth-order valence-corrected chi connectivity index (χ4v) is 6.35. The number of carbonyl (C=O) groups excluding carboxylic acids is 3. The molecule has 0 bridgehead atoms. The molecule has 0 fully saturated rings. The fourth-order valence-electron chi connectivity index (χ4n) is 6.35. The lowest BCUT2D eigenvalue weighted by Crippen LogP contribution is -2.21. The van der Waals surface area contributed by atoms with Crippen molar-refractivity contribution in [3.63, 3.8) is 0 Å². The highest BCUT2D eigenvalue weighted by molar-refractivity contribution is 5.69.